The third kappa shape index (κ3) is 1.91. The van der Waals surface area contributed by atoms with E-state index in [9.17, 15) is 14.0 Å². The second-order valence-corrected chi connectivity index (χ2v) is 3.49. The maximum absolute atomic E-state index is 13.7. The molecule has 0 fully saturated rings. The van der Waals surface area contributed by atoms with E-state index in [-0.39, 0.29) is 17.5 Å². The van der Waals surface area contributed by atoms with Crippen molar-refractivity contribution in [2.75, 3.05) is 7.11 Å². The molecule has 0 unspecified atom stereocenters. The van der Waals surface area contributed by atoms with Gasteiger partial charge in [-0.3, -0.25) is 4.79 Å². The van der Waals surface area contributed by atoms with Gasteiger partial charge in [-0.2, -0.15) is 0 Å². The van der Waals surface area contributed by atoms with Gasteiger partial charge >= 0.3 is 0 Å². The number of aldehydes is 1. The smallest absolute Gasteiger partial charge is 0.251 e. The predicted octanol–water partition coefficient (Wildman–Crippen LogP) is 1.35. The van der Waals surface area contributed by atoms with Gasteiger partial charge in [0.15, 0.2) is 0 Å². The van der Waals surface area contributed by atoms with E-state index in [2.05, 4.69) is 0 Å². The average molecular weight is 235 g/mol. The van der Waals surface area contributed by atoms with E-state index < -0.39 is 5.82 Å². The van der Waals surface area contributed by atoms with Crippen molar-refractivity contribution in [3.05, 3.63) is 40.4 Å². The van der Waals surface area contributed by atoms with E-state index in [0.717, 1.165) is 0 Å². The number of carbonyl (C=O) groups excluding carboxylic acids is 1. The van der Waals surface area contributed by atoms with E-state index in [4.69, 9.17) is 4.74 Å². The minimum atomic E-state index is -0.487. The van der Waals surface area contributed by atoms with Gasteiger partial charge in [0.2, 0.25) is 0 Å². The fourth-order valence-electron chi connectivity index (χ4n) is 1.71. The van der Waals surface area contributed by atoms with Crippen molar-refractivity contribution in [1.82, 2.24) is 4.57 Å². The highest BCUT2D eigenvalue weighted by Gasteiger charge is 2.09. The van der Waals surface area contributed by atoms with Crippen LogP contribution in [0.4, 0.5) is 4.39 Å². The molecule has 2 aromatic rings. The quantitative estimate of drug-likeness (QED) is 0.754. The Labute approximate surface area is 96.2 Å². The third-order valence-electron chi connectivity index (χ3n) is 2.52. The van der Waals surface area contributed by atoms with Crippen LogP contribution < -0.4 is 10.3 Å². The number of nitrogens with zero attached hydrogens (tertiary/aromatic N) is 1. The zero-order valence-electron chi connectivity index (χ0n) is 9.14. The first-order valence-electron chi connectivity index (χ1n) is 4.98. The molecule has 0 aliphatic carbocycles. The van der Waals surface area contributed by atoms with Crippen molar-refractivity contribution >= 4 is 17.2 Å². The van der Waals surface area contributed by atoms with E-state index in [1.54, 1.807) is 0 Å². The van der Waals surface area contributed by atoms with Gasteiger partial charge < -0.3 is 14.1 Å². The van der Waals surface area contributed by atoms with Crippen LogP contribution in [-0.2, 0) is 11.3 Å². The first-order chi connectivity index (χ1) is 8.17. The van der Waals surface area contributed by atoms with Crippen molar-refractivity contribution in [2.45, 2.75) is 6.54 Å². The molecular formula is C12H10FNO3. The lowest BCUT2D eigenvalue weighted by Gasteiger charge is -2.09. The van der Waals surface area contributed by atoms with Gasteiger partial charge in [-0.15, -0.1) is 0 Å². The van der Waals surface area contributed by atoms with Crippen LogP contribution in [0.1, 0.15) is 0 Å². The number of rotatable bonds is 3. The molecular weight excluding hydrogens is 225 g/mol. The van der Waals surface area contributed by atoms with Crippen LogP contribution in [-0.4, -0.2) is 18.0 Å². The van der Waals surface area contributed by atoms with Crippen molar-refractivity contribution in [1.29, 1.82) is 0 Å². The standard InChI is InChI=1S/C12H10FNO3/c1-17-8-6-10(13)9-2-3-12(16)14(4-5-15)11(9)7-8/h2-3,5-7H,4H2,1H3. The number of hydrogen-bond acceptors (Lipinski definition) is 3. The van der Waals surface area contributed by atoms with Gasteiger partial charge in [0.05, 0.1) is 19.2 Å². The second-order valence-electron chi connectivity index (χ2n) is 3.49. The summed E-state index contributed by atoms with van der Waals surface area (Å²) < 4.78 is 19.8. The maximum atomic E-state index is 13.7. The summed E-state index contributed by atoms with van der Waals surface area (Å²) in [5.74, 6) is -0.181. The van der Waals surface area contributed by atoms with Crippen LogP contribution in [0.25, 0.3) is 10.9 Å². The lowest BCUT2D eigenvalue weighted by molar-refractivity contribution is -0.108. The molecule has 0 spiro atoms. The monoisotopic (exact) mass is 235 g/mol. The van der Waals surface area contributed by atoms with E-state index in [0.29, 0.717) is 17.6 Å². The van der Waals surface area contributed by atoms with Crippen molar-refractivity contribution in [2.24, 2.45) is 0 Å². The summed E-state index contributed by atoms with van der Waals surface area (Å²) in [4.78, 5) is 22.1. The molecule has 0 atom stereocenters. The Bertz CT molecular complexity index is 633. The normalized spacial score (nSPS) is 10.5. The topological polar surface area (TPSA) is 48.3 Å². The Morgan fingerprint density at radius 3 is 2.82 bits per heavy atom. The SMILES string of the molecule is COc1cc(F)c2ccc(=O)n(CC=O)c2c1. The molecule has 0 saturated heterocycles. The molecule has 88 valence electrons. The van der Waals surface area contributed by atoms with E-state index in [1.165, 1.54) is 35.9 Å². The molecule has 0 N–H and O–H groups in total. The molecule has 4 nitrogen and oxygen atoms in total. The zero-order valence-corrected chi connectivity index (χ0v) is 9.14. The molecule has 0 radical (unpaired) electrons. The summed E-state index contributed by atoms with van der Waals surface area (Å²) in [5, 5.41) is 0.284. The van der Waals surface area contributed by atoms with Gasteiger partial charge in [0.1, 0.15) is 17.9 Å². The number of halogens is 1. The Morgan fingerprint density at radius 2 is 2.18 bits per heavy atom. The molecule has 0 bridgehead atoms. The molecule has 1 aromatic heterocycles. The fourth-order valence-corrected chi connectivity index (χ4v) is 1.71. The van der Waals surface area contributed by atoms with Crippen molar-refractivity contribution < 1.29 is 13.9 Å². The predicted molar refractivity (Wildman–Crippen MR) is 60.8 cm³/mol. The van der Waals surface area contributed by atoms with Crippen LogP contribution in [0.3, 0.4) is 0 Å². The van der Waals surface area contributed by atoms with Crippen LogP contribution in [0.15, 0.2) is 29.1 Å². The lowest BCUT2D eigenvalue weighted by Crippen LogP contribution is -2.20. The molecule has 1 aromatic carbocycles. The minimum Gasteiger partial charge on any atom is -0.497 e. The third-order valence-corrected chi connectivity index (χ3v) is 2.52. The average Bonchev–Trinajstić information content (AvgIpc) is 2.32. The first-order valence-corrected chi connectivity index (χ1v) is 4.98. The van der Waals surface area contributed by atoms with Gasteiger partial charge in [-0.05, 0) is 6.07 Å². The fraction of sp³-hybridized carbons (Fsp3) is 0.167. The number of aromatic nitrogens is 1. The molecule has 0 amide bonds. The summed E-state index contributed by atoms with van der Waals surface area (Å²) in [6.45, 7) is -0.108. The Morgan fingerprint density at radius 1 is 1.41 bits per heavy atom. The van der Waals surface area contributed by atoms with Crippen LogP contribution >= 0.6 is 0 Å². The van der Waals surface area contributed by atoms with E-state index in [1.807, 2.05) is 0 Å². The zero-order chi connectivity index (χ0) is 12.4. The highest BCUT2D eigenvalue weighted by atomic mass is 19.1. The maximum Gasteiger partial charge on any atom is 0.251 e. The van der Waals surface area contributed by atoms with E-state index >= 15 is 0 Å². The Kier molecular flexibility index (Phi) is 2.91. The summed E-state index contributed by atoms with van der Waals surface area (Å²) in [6.07, 6.45) is 0.595. The molecule has 5 heteroatoms. The van der Waals surface area contributed by atoms with Crippen LogP contribution in [0.5, 0.6) is 5.75 Å². The van der Waals surface area contributed by atoms with Crippen molar-refractivity contribution in [3.63, 3.8) is 0 Å². The molecule has 2 rings (SSSR count). The highest BCUT2D eigenvalue weighted by molar-refractivity contribution is 5.81. The molecule has 0 aliphatic heterocycles. The summed E-state index contributed by atoms with van der Waals surface area (Å²) in [6, 6.07) is 5.40. The summed E-state index contributed by atoms with van der Waals surface area (Å²) in [7, 11) is 1.41. The largest absolute Gasteiger partial charge is 0.497 e. The number of carbonyl (C=O) groups is 1. The molecule has 0 saturated carbocycles. The molecule has 0 aliphatic rings. The molecule has 1 heterocycles. The van der Waals surface area contributed by atoms with Gasteiger partial charge in [-0.1, -0.05) is 0 Å². The van der Waals surface area contributed by atoms with Gasteiger partial charge in [0, 0.05) is 23.6 Å². The number of hydrogen-bond donors (Lipinski definition) is 0. The molecule has 17 heavy (non-hydrogen) atoms. The number of benzene rings is 1. The number of ether oxygens (including phenoxy) is 1. The number of pyridine rings is 1. The lowest BCUT2D eigenvalue weighted by atomic mass is 10.2. The van der Waals surface area contributed by atoms with Gasteiger partial charge in [0.25, 0.3) is 5.56 Å². The minimum absolute atomic E-state index is 0.108. The second kappa shape index (κ2) is 4.37. The summed E-state index contributed by atoms with van der Waals surface area (Å²) >= 11 is 0. The van der Waals surface area contributed by atoms with Crippen LogP contribution in [0, 0.1) is 5.82 Å². The first kappa shape index (κ1) is 11.3. The number of fused-ring (bicyclic) bond motifs is 1. The summed E-state index contributed by atoms with van der Waals surface area (Å²) in [5.41, 5.74) is -0.00120. The Hall–Kier alpha value is -2.17. The number of methoxy groups -OCH3 is 1. The highest BCUT2D eigenvalue weighted by Crippen LogP contribution is 2.22. The van der Waals surface area contributed by atoms with Crippen molar-refractivity contribution in [3.8, 4) is 5.75 Å². The van der Waals surface area contributed by atoms with Crippen LogP contribution in [0.2, 0.25) is 0 Å². The Balaban J connectivity index is 2.86. The van der Waals surface area contributed by atoms with Gasteiger partial charge in [-0.25, -0.2) is 4.39 Å².